The molecule has 1 aromatic rings. The number of rotatable bonds is 7. The molecule has 0 aliphatic heterocycles. The summed E-state index contributed by atoms with van der Waals surface area (Å²) in [5, 5.41) is 0.436. The van der Waals surface area contributed by atoms with Crippen LogP contribution in [0.4, 0.5) is 4.79 Å². The maximum absolute atomic E-state index is 11.3. The number of methoxy groups -OCH3 is 1. The maximum Gasteiger partial charge on any atom is 0.407 e. The first-order valence-corrected chi connectivity index (χ1v) is 6.65. The highest BCUT2D eigenvalue weighted by molar-refractivity contribution is 6.31. The molecule has 0 heterocycles. The zero-order valence-electron chi connectivity index (χ0n) is 11.9. The molecule has 6 heteroatoms. The first-order valence-electron chi connectivity index (χ1n) is 6.27. The minimum Gasteiger partial charge on any atom is -0.412 e. The van der Waals surface area contributed by atoms with Crippen LogP contribution in [-0.2, 0) is 20.0 Å². The van der Waals surface area contributed by atoms with Gasteiger partial charge in [-0.2, -0.15) is 0 Å². The van der Waals surface area contributed by atoms with Crippen molar-refractivity contribution in [2.24, 2.45) is 11.7 Å². The van der Waals surface area contributed by atoms with Crippen LogP contribution in [0.5, 0.6) is 0 Å². The van der Waals surface area contributed by atoms with Crippen LogP contribution in [0.1, 0.15) is 25.8 Å². The van der Waals surface area contributed by atoms with E-state index in [0.717, 1.165) is 0 Å². The van der Waals surface area contributed by atoms with Crippen LogP contribution >= 0.6 is 11.6 Å². The minimum atomic E-state index is -1.35. The van der Waals surface area contributed by atoms with E-state index < -0.39 is 11.9 Å². The number of ether oxygens (including phenoxy) is 3. The Labute approximate surface area is 123 Å². The second-order valence-electron chi connectivity index (χ2n) is 4.80. The van der Waals surface area contributed by atoms with Crippen molar-refractivity contribution in [2.45, 2.75) is 26.1 Å². The van der Waals surface area contributed by atoms with E-state index in [0.29, 0.717) is 17.0 Å². The van der Waals surface area contributed by atoms with E-state index in [2.05, 4.69) is 0 Å². The summed E-state index contributed by atoms with van der Waals surface area (Å²) >= 11 is 6.20. The summed E-state index contributed by atoms with van der Waals surface area (Å²) in [6, 6.07) is 7.01. The molecule has 1 amide bonds. The fourth-order valence-corrected chi connectivity index (χ4v) is 2.28. The highest BCUT2D eigenvalue weighted by atomic mass is 35.5. The monoisotopic (exact) mass is 301 g/mol. The van der Waals surface area contributed by atoms with Crippen molar-refractivity contribution in [1.29, 1.82) is 0 Å². The number of halogens is 1. The Balaban J connectivity index is 3.26. The molecular formula is C14H20ClNO4. The lowest BCUT2D eigenvalue weighted by atomic mass is 9.95. The third kappa shape index (κ3) is 4.37. The Morgan fingerprint density at radius 1 is 1.40 bits per heavy atom. The highest BCUT2D eigenvalue weighted by Crippen LogP contribution is 2.38. The fourth-order valence-electron chi connectivity index (χ4n) is 2.00. The number of hydrogen-bond acceptors (Lipinski definition) is 4. The Kier molecular flexibility index (Phi) is 6.26. The van der Waals surface area contributed by atoms with Gasteiger partial charge < -0.3 is 19.9 Å². The molecule has 0 fully saturated rings. The molecule has 0 aliphatic carbocycles. The van der Waals surface area contributed by atoms with Crippen LogP contribution in [0.2, 0.25) is 5.02 Å². The van der Waals surface area contributed by atoms with Gasteiger partial charge in [-0.15, -0.1) is 0 Å². The van der Waals surface area contributed by atoms with E-state index in [-0.39, 0.29) is 12.7 Å². The average Bonchev–Trinajstić information content (AvgIpc) is 2.35. The Morgan fingerprint density at radius 2 is 2.05 bits per heavy atom. The van der Waals surface area contributed by atoms with Crippen molar-refractivity contribution in [3.63, 3.8) is 0 Å². The van der Waals surface area contributed by atoms with E-state index in [1.165, 1.54) is 7.11 Å². The van der Waals surface area contributed by atoms with E-state index in [1.54, 1.807) is 24.3 Å². The van der Waals surface area contributed by atoms with Crippen molar-refractivity contribution in [3.8, 4) is 0 Å². The topological polar surface area (TPSA) is 70.8 Å². The largest absolute Gasteiger partial charge is 0.412 e. The van der Waals surface area contributed by atoms with Gasteiger partial charge in [-0.25, -0.2) is 4.79 Å². The standard InChI is InChI=1S/C14H20ClNO4/c1-10(2)8-14(19-9-18-3,20-13(16)17)11-6-4-5-7-12(11)15/h4-7,10H,8-9H2,1-3H3,(H2,16,17)/t14-/m1/s1. The van der Waals surface area contributed by atoms with Gasteiger partial charge in [0.15, 0.2) is 6.79 Å². The summed E-state index contributed by atoms with van der Waals surface area (Å²) < 4.78 is 15.8. The van der Waals surface area contributed by atoms with Gasteiger partial charge in [0, 0.05) is 19.1 Å². The van der Waals surface area contributed by atoms with Crippen molar-refractivity contribution < 1.29 is 19.0 Å². The number of carbonyl (C=O) groups is 1. The molecule has 0 saturated heterocycles. The van der Waals surface area contributed by atoms with E-state index >= 15 is 0 Å². The summed E-state index contributed by atoms with van der Waals surface area (Å²) in [5.41, 5.74) is 5.74. The third-order valence-corrected chi connectivity index (χ3v) is 2.97. The van der Waals surface area contributed by atoms with Crippen LogP contribution < -0.4 is 5.73 Å². The number of benzene rings is 1. The number of primary amides is 1. The van der Waals surface area contributed by atoms with Crippen LogP contribution in [0.25, 0.3) is 0 Å². The first-order chi connectivity index (χ1) is 9.41. The summed E-state index contributed by atoms with van der Waals surface area (Å²) in [7, 11) is 1.48. The molecular weight excluding hydrogens is 282 g/mol. The molecule has 20 heavy (non-hydrogen) atoms. The van der Waals surface area contributed by atoms with Gasteiger partial charge in [0.25, 0.3) is 0 Å². The summed E-state index contributed by atoms with van der Waals surface area (Å²) in [6.07, 6.45) is -0.523. The van der Waals surface area contributed by atoms with E-state index in [9.17, 15) is 4.79 Å². The molecule has 1 rings (SSSR count). The number of hydrogen-bond donors (Lipinski definition) is 1. The van der Waals surface area contributed by atoms with Gasteiger partial charge in [-0.3, -0.25) is 0 Å². The van der Waals surface area contributed by atoms with Crippen LogP contribution in [0.3, 0.4) is 0 Å². The highest BCUT2D eigenvalue weighted by Gasteiger charge is 2.40. The van der Waals surface area contributed by atoms with Crippen LogP contribution in [0, 0.1) is 5.92 Å². The molecule has 0 radical (unpaired) electrons. The molecule has 1 atom stereocenters. The van der Waals surface area contributed by atoms with Crippen molar-refractivity contribution in [1.82, 2.24) is 0 Å². The van der Waals surface area contributed by atoms with Crippen LogP contribution in [-0.4, -0.2) is 20.0 Å². The van der Waals surface area contributed by atoms with Gasteiger partial charge in [0.2, 0.25) is 5.79 Å². The summed E-state index contributed by atoms with van der Waals surface area (Å²) in [6.45, 7) is 3.91. The molecule has 5 nitrogen and oxygen atoms in total. The quantitative estimate of drug-likeness (QED) is 0.785. The van der Waals surface area contributed by atoms with Crippen molar-refractivity contribution in [2.75, 3.05) is 13.9 Å². The normalized spacial score (nSPS) is 14.1. The molecule has 112 valence electrons. The van der Waals surface area contributed by atoms with Crippen molar-refractivity contribution >= 4 is 17.7 Å². The molecule has 0 bridgehead atoms. The fraction of sp³-hybridized carbons (Fsp3) is 0.500. The van der Waals surface area contributed by atoms with Gasteiger partial charge in [-0.1, -0.05) is 43.6 Å². The van der Waals surface area contributed by atoms with Crippen molar-refractivity contribution in [3.05, 3.63) is 34.9 Å². The molecule has 0 unspecified atom stereocenters. The Morgan fingerprint density at radius 3 is 2.55 bits per heavy atom. The lowest BCUT2D eigenvalue weighted by molar-refractivity contribution is -0.255. The van der Waals surface area contributed by atoms with Gasteiger partial charge in [0.1, 0.15) is 0 Å². The molecule has 0 spiro atoms. The molecule has 0 saturated carbocycles. The van der Waals surface area contributed by atoms with E-state index in [1.807, 2.05) is 13.8 Å². The predicted octanol–water partition coefficient (Wildman–Crippen LogP) is 3.25. The molecule has 1 aromatic carbocycles. The number of carbonyl (C=O) groups excluding carboxylic acids is 1. The zero-order valence-corrected chi connectivity index (χ0v) is 12.6. The SMILES string of the molecule is COCO[C@](CC(C)C)(OC(N)=O)c1ccccc1Cl. The maximum atomic E-state index is 11.3. The minimum absolute atomic E-state index is 0.0504. The van der Waals surface area contributed by atoms with Crippen LogP contribution in [0.15, 0.2) is 24.3 Å². The number of amides is 1. The first kappa shape index (κ1) is 16.8. The predicted molar refractivity (Wildman–Crippen MR) is 76.2 cm³/mol. The molecule has 0 aliphatic rings. The second-order valence-corrected chi connectivity index (χ2v) is 5.21. The zero-order chi connectivity index (χ0) is 15.2. The smallest absolute Gasteiger partial charge is 0.407 e. The number of nitrogens with two attached hydrogens (primary N) is 1. The Hall–Kier alpha value is -1.30. The van der Waals surface area contributed by atoms with E-state index in [4.69, 9.17) is 31.5 Å². The lowest BCUT2D eigenvalue weighted by Gasteiger charge is -2.34. The van der Waals surface area contributed by atoms with Gasteiger partial charge in [-0.05, 0) is 12.0 Å². The summed E-state index contributed by atoms with van der Waals surface area (Å²) in [5.74, 6) is -1.17. The molecule has 0 aromatic heterocycles. The van der Waals surface area contributed by atoms with Gasteiger partial charge >= 0.3 is 6.09 Å². The van der Waals surface area contributed by atoms with Gasteiger partial charge in [0.05, 0.1) is 5.02 Å². The molecule has 2 N–H and O–H groups in total. The lowest BCUT2D eigenvalue weighted by Crippen LogP contribution is -2.39. The Bertz CT molecular complexity index is 453. The average molecular weight is 302 g/mol. The second kappa shape index (κ2) is 7.47. The third-order valence-electron chi connectivity index (χ3n) is 2.64. The summed E-state index contributed by atoms with van der Waals surface area (Å²) in [4.78, 5) is 11.3.